The Hall–Kier alpha value is -2.23. The summed E-state index contributed by atoms with van der Waals surface area (Å²) in [5.74, 6) is -0.373. The summed E-state index contributed by atoms with van der Waals surface area (Å²) in [5.41, 5.74) is 1.77. The number of carbonyl (C=O) groups excluding carboxylic acids is 1. The summed E-state index contributed by atoms with van der Waals surface area (Å²) in [6.07, 6.45) is 5.42. The molecule has 3 aromatic rings. The Morgan fingerprint density at radius 3 is 2.81 bits per heavy atom. The number of imidazole rings is 1. The van der Waals surface area contributed by atoms with Gasteiger partial charge in [-0.1, -0.05) is 6.07 Å². The first-order chi connectivity index (χ1) is 12.9. The van der Waals surface area contributed by atoms with Gasteiger partial charge in [0.1, 0.15) is 5.65 Å². The minimum absolute atomic E-state index is 0.00553. The first-order valence-electron chi connectivity index (χ1n) is 8.45. The number of nitrogens with one attached hydrogen (secondary N) is 2. The molecule has 2 N–H and O–H groups in total. The van der Waals surface area contributed by atoms with E-state index in [9.17, 15) is 13.2 Å². The van der Waals surface area contributed by atoms with E-state index in [1.54, 1.807) is 6.07 Å². The minimum Gasteiger partial charge on any atom is -0.346 e. The second-order valence-corrected chi connectivity index (χ2v) is 8.99. The molecule has 0 aliphatic heterocycles. The first kappa shape index (κ1) is 18.1. The second kappa shape index (κ2) is 7.06. The summed E-state index contributed by atoms with van der Waals surface area (Å²) in [6.45, 7) is 0.240. The zero-order chi connectivity index (χ0) is 19.0. The average Bonchev–Trinajstić information content (AvgIpc) is 3.34. The smallest absolute Gasteiger partial charge is 0.252 e. The quantitative estimate of drug-likeness (QED) is 0.605. The Morgan fingerprint density at radius 1 is 1.26 bits per heavy atom. The molecule has 1 aromatic carbocycles. The topological polar surface area (TPSA) is 92.6 Å². The van der Waals surface area contributed by atoms with E-state index >= 15 is 0 Å². The Balaban J connectivity index is 1.51. The van der Waals surface area contributed by atoms with Gasteiger partial charge >= 0.3 is 0 Å². The third-order valence-corrected chi connectivity index (χ3v) is 6.45. The summed E-state index contributed by atoms with van der Waals surface area (Å²) >= 11 is 3.32. The number of amides is 1. The number of hydrogen-bond acceptors (Lipinski definition) is 4. The van der Waals surface area contributed by atoms with Crippen LogP contribution in [0.2, 0.25) is 0 Å². The Kier molecular flexibility index (Phi) is 4.75. The number of aromatic nitrogens is 2. The van der Waals surface area contributed by atoms with E-state index in [0.717, 1.165) is 18.5 Å². The monoisotopic (exact) mass is 448 g/mol. The molecule has 9 heteroatoms. The molecule has 1 aliphatic carbocycles. The highest BCUT2D eigenvalue weighted by molar-refractivity contribution is 9.10. The maximum absolute atomic E-state index is 12.6. The van der Waals surface area contributed by atoms with Gasteiger partial charge in [0.2, 0.25) is 10.0 Å². The number of hydrogen-bond donors (Lipinski definition) is 2. The number of sulfonamides is 1. The SMILES string of the molecule is O=C(NCc1cn2ccccc2n1)c1cc(S(=O)(=O)NC2CC2)ccc1Br. The lowest BCUT2D eigenvalue weighted by Crippen LogP contribution is -2.27. The van der Waals surface area contributed by atoms with Gasteiger partial charge in [-0.3, -0.25) is 4.79 Å². The zero-order valence-corrected chi connectivity index (χ0v) is 16.6. The second-order valence-electron chi connectivity index (χ2n) is 6.42. The van der Waals surface area contributed by atoms with Crippen LogP contribution in [0.5, 0.6) is 0 Å². The number of rotatable bonds is 6. The molecular weight excluding hydrogens is 432 g/mol. The lowest BCUT2D eigenvalue weighted by Gasteiger charge is -2.10. The molecule has 0 spiro atoms. The van der Waals surface area contributed by atoms with Crippen molar-refractivity contribution in [3.63, 3.8) is 0 Å². The molecule has 0 atom stereocenters. The highest BCUT2D eigenvalue weighted by Crippen LogP contribution is 2.25. The molecular formula is C18H17BrN4O3S. The van der Waals surface area contributed by atoms with Crippen LogP contribution in [0, 0.1) is 0 Å². The predicted octanol–water partition coefficient (Wildman–Crippen LogP) is 2.47. The molecule has 27 heavy (non-hydrogen) atoms. The Labute approximate surface area is 165 Å². The van der Waals surface area contributed by atoms with Gasteiger partial charge in [0.05, 0.1) is 22.7 Å². The third kappa shape index (κ3) is 4.05. The third-order valence-electron chi connectivity index (χ3n) is 4.24. The number of carbonyl (C=O) groups is 1. The molecule has 4 rings (SSSR count). The maximum atomic E-state index is 12.6. The van der Waals surface area contributed by atoms with E-state index in [-0.39, 0.29) is 29.0 Å². The van der Waals surface area contributed by atoms with Gasteiger partial charge in [0, 0.05) is 22.9 Å². The fourth-order valence-corrected chi connectivity index (χ4v) is 4.43. The average molecular weight is 449 g/mol. The summed E-state index contributed by atoms with van der Waals surface area (Å²) in [4.78, 5) is 17.1. The lowest BCUT2D eigenvalue weighted by molar-refractivity contribution is 0.0949. The highest BCUT2D eigenvalue weighted by Gasteiger charge is 2.28. The molecule has 2 heterocycles. The van der Waals surface area contributed by atoms with Crippen molar-refractivity contribution in [3.8, 4) is 0 Å². The van der Waals surface area contributed by atoms with Crippen LogP contribution in [0.25, 0.3) is 5.65 Å². The van der Waals surface area contributed by atoms with Crippen LogP contribution >= 0.6 is 15.9 Å². The lowest BCUT2D eigenvalue weighted by atomic mass is 10.2. The molecule has 1 aliphatic rings. The van der Waals surface area contributed by atoms with Crippen LogP contribution in [0.4, 0.5) is 0 Å². The largest absolute Gasteiger partial charge is 0.346 e. The van der Waals surface area contributed by atoms with Gasteiger partial charge in [-0.25, -0.2) is 18.1 Å². The molecule has 140 valence electrons. The van der Waals surface area contributed by atoms with Gasteiger partial charge in [-0.15, -0.1) is 0 Å². The summed E-state index contributed by atoms with van der Waals surface area (Å²) in [5, 5.41) is 2.79. The van der Waals surface area contributed by atoms with Crippen LogP contribution in [0.15, 0.2) is 58.2 Å². The van der Waals surface area contributed by atoms with Crippen LogP contribution in [0.3, 0.4) is 0 Å². The van der Waals surface area contributed by atoms with Crippen molar-refractivity contribution < 1.29 is 13.2 Å². The van der Waals surface area contributed by atoms with E-state index in [2.05, 4.69) is 31.0 Å². The Bertz CT molecular complexity index is 1090. The van der Waals surface area contributed by atoms with Crippen molar-refractivity contribution in [1.82, 2.24) is 19.4 Å². The van der Waals surface area contributed by atoms with Crippen LogP contribution < -0.4 is 10.0 Å². The van der Waals surface area contributed by atoms with Crippen molar-refractivity contribution in [2.75, 3.05) is 0 Å². The molecule has 7 nitrogen and oxygen atoms in total. The van der Waals surface area contributed by atoms with Gasteiger partial charge in [0.15, 0.2) is 0 Å². The Morgan fingerprint density at radius 2 is 2.07 bits per heavy atom. The van der Waals surface area contributed by atoms with Crippen LogP contribution in [-0.4, -0.2) is 29.8 Å². The highest BCUT2D eigenvalue weighted by atomic mass is 79.9. The fraction of sp³-hybridized carbons (Fsp3) is 0.222. The van der Waals surface area contributed by atoms with Gasteiger partial charge in [0.25, 0.3) is 5.91 Å². The molecule has 1 saturated carbocycles. The van der Waals surface area contributed by atoms with Gasteiger partial charge < -0.3 is 9.72 Å². The van der Waals surface area contributed by atoms with Gasteiger partial charge in [-0.2, -0.15) is 0 Å². The zero-order valence-electron chi connectivity index (χ0n) is 14.2. The number of pyridine rings is 1. The summed E-state index contributed by atoms with van der Waals surface area (Å²) < 4.78 is 29.8. The van der Waals surface area contributed by atoms with Crippen molar-refractivity contribution in [3.05, 3.63) is 64.5 Å². The maximum Gasteiger partial charge on any atom is 0.252 e. The molecule has 0 saturated heterocycles. The predicted molar refractivity (Wildman–Crippen MR) is 104 cm³/mol. The summed E-state index contributed by atoms with van der Waals surface area (Å²) in [7, 11) is -3.62. The van der Waals surface area contributed by atoms with E-state index in [1.807, 2.05) is 35.0 Å². The van der Waals surface area contributed by atoms with E-state index < -0.39 is 10.0 Å². The van der Waals surface area contributed by atoms with E-state index in [0.29, 0.717) is 10.2 Å². The van der Waals surface area contributed by atoms with Crippen molar-refractivity contribution in [2.45, 2.75) is 30.3 Å². The molecule has 1 amide bonds. The number of nitrogens with zero attached hydrogens (tertiary/aromatic N) is 2. The van der Waals surface area contributed by atoms with E-state index in [1.165, 1.54) is 12.1 Å². The van der Waals surface area contributed by atoms with Crippen LogP contribution in [0.1, 0.15) is 28.9 Å². The standard InChI is InChI=1S/C18H17BrN4O3S/c19-16-7-6-14(27(25,26)22-12-4-5-12)9-15(16)18(24)20-10-13-11-23-8-2-1-3-17(23)21-13/h1-3,6-9,11-12,22H,4-5,10H2,(H,20,24). The number of fused-ring (bicyclic) bond motifs is 1. The molecule has 0 unspecified atom stereocenters. The number of halogens is 1. The number of benzene rings is 1. The molecule has 0 bridgehead atoms. The van der Waals surface area contributed by atoms with Gasteiger partial charge in [-0.05, 0) is 59.1 Å². The van der Waals surface area contributed by atoms with Crippen molar-refractivity contribution >= 4 is 37.5 Å². The molecule has 0 radical (unpaired) electrons. The minimum atomic E-state index is -3.62. The van der Waals surface area contributed by atoms with Crippen molar-refractivity contribution in [2.24, 2.45) is 0 Å². The summed E-state index contributed by atoms with van der Waals surface area (Å²) in [6, 6.07) is 10.1. The molecule has 2 aromatic heterocycles. The van der Waals surface area contributed by atoms with Crippen LogP contribution in [-0.2, 0) is 16.6 Å². The van der Waals surface area contributed by atoms with Crippen molar-refractivity contribution in [1.29, 1.82) is 0 Å². The first-order valence-corrected chi connectivity index (χ1v) is 10.7. The normalized spacial score (nSPS) is 14.4. The molecule has 1 fully saturated rings. The fourth-order valence-electron chi connectivity index (χ4n) is 2.67. The van der Waals surface area contributed by atoms with E-state index in [4.69, 9.17) is 0 Å².